The molecular formula is C15H23Cl2N3O2. The average molecular weight is 348 g/mol. The highest BCUT2D eigenvalue weighted by molar-refractivity contribution is 6.30. The van der Waals surface area contributed by atoms with E-state index < -0.39 is 6.04 Å². The summed E-state index contributed by atoms with van der Waals surface area (Å²) < 4.78 is 0. The number of amides is 2. The summed E-state index contributed by atoms with van der Waals surface area (Å²) in [5.41, 5.74) is 6.06. The molecule has 0 spiro atoms. The van der Waals surface area contributed by atoms with Crippen molar-refractivity contribution in [2.75, 3.05) is 13.1 Å². The number of nitrogens with two attached hydrogens (primary N) is 1. The Balaban J connectivity index is 0.00000441. The van der Waals surface area contributed by atoms with Crippen molar-refractivity contribution in [3.05, 3.63) is 34.9 Å². The number of hydrogen-bond donors (Lipinski definition) is 3. The van der Waals surface area contributed by atoms with E-state index in [4.69, 9.17) is 17.3 Å². The quantitative estimate of drug-likeness (QED) is 0.712. The lowest BCUT2D eigenvalue weighted by Gasteiger charge is -2.25. The topological polar surface area (TPSA) is 84.2 Å². The van der Waals surface area contributed by atoms with Crippen LogP contribution in [0.4, 0.5) is 0 Å². The monoisotopic (exact) mass is 347 g/mol. The Hall–Kier alpha value is -1.30. The summed E-state index contributed by atoms with van der Waals surface area (Å²) >= 11 is 5.75. The molecule has 124 valence electrons. The third-order valence-electron chi connectivity index (χ3n) is 3.03. The van der Waals surface area contributed by atoms with E-state index in [0.29, 0.717) is 23.7 Å². The molecule has 1 atom stereocenters. The molecule has 0 saturated heterocycles. The van der Waals surface area contributed by atoms with Gasteiger partial charge in [-0.25, -0.2) is 0 Å². The van der Waals surface area contributed by atoms with Gasteiger partial charge in [0.25, 0.3) is 5.91 Å². The largest absolute Gasteiger partial charge is 0.353 e. The summed E-state index contributed by atoms with van der Waals surface area (Å²) in [6.45, 7) is 6.38. The summed E-state index contributed by atoms with van der Waals surface area (Å²) in [5, 5.41) is 6.00. The summed E-state index contributed by atoms with van der Waals surface area (Å²) in [5.74, 6) is -0.427. The number of nitrogens with one attached hydrogen (secondary N) is 2. The maximum absolute atomic E-state index is 11.8. The van der Waals surface area contributed by atoms with Gasteiger partial charge in [-0.3, -0.25) is 9.59 Å². The van der Waals surface area contributed by atoms with E-state index in [1.54, 1.807) is 24.3 Å². The summed E-state index contributed by atoms with van der Waals surface area (Å²) in [6, 6.07) is 6.02. The van der Waals surface area contributed by atoms with E-state index in [1.165, 1.54) is 0 Å². The maximum Gasteiger partial charge on any atom is 0.251 e. The molecule has 7 heteroatoms. The first kappa shape index (κ1) is 20.7. The Labute approximate surface area is 142 Å². The second-order valence-electron chi connectivity index (χ2n) is 5.90. The molecule has 0 fully saturated rings. The van der Waals surface area contributed by atoms with E-state index in [0.717, 1.165) is 0 Å². The van der Waals surface area contributed by atoms with Gasteiger partial charge in [0.05, 0.1) is 6.04 Å². The first-order valence-electron chi connectivity index (χ1n) is 6.79. The molecule has 0 aliphatic carbocycles. The number of benzene rings is 1. The molecular weight excluding hydrogens is 325 g/mol. The molecule has 5 nitrogen and oxygen atoms in total. The number of carbonyl (C=O) groups excluding carboxylic acids is 2. The molecule has 0 unspecified atom stereocenters. The number of carbonyl (C=O) groups is 2. The molecule has 0 aliphatic heterocycles. The van der Waals surface area contributed by atoms with Crippen LogP contribution in [0.5, 0.6) is 0 Å². The summed E-state index contributed by atoms with van der Waals surface area (Å²) in [4.78, 5) is 23.6. The highest BCUT2D eigenvalue weighted by Crippen LogP contribution is 2.16. The van der Waals surface area contributed by atoms with Crippen LogP contribution < -0.4 is 16.4 Å². The van der Waals surface area contributed by atoms with Gasteiger partial charge >= 0.3 is 0 Å². The fourth-order valence-corrected chi connectivity index (χ4v) is 1.69. The van der Waals surface area contributed by atoms with Gasteiger partial charge in [0, 0.05) is 23.7 Å². The second-order valence-corrected chi connectivity index (χ2v) is 6.33. The van der Waals surface area contributed by atoms with Crippen LogP contribution in [0.1, 0.15) is 31.1 Å². The Morgan fingerprint density at radius 1 is 1.14 bits per heavy atom. The molecule has 1 aromatic rings. The molecule has 0 aliphatic rings. The molecule has 22 heavy (non-hydrogen) atoms. The van der Waals surface area contributed by atoms with Crippen molar-refractivity contribution in [1.29, 1.82) is 0 Å². The second kappa shape index (κ2) is 8.98. The highest BCUT2D eigenvalue weighted by Gasteiger charge is 2.26. The zero-order chi connectivity index (χ0) is 16.0. The first-order valence-corrected chi connectivity index (χ1v) is 7.16. The van der Waals surface area contributed by atoms with Gasteiger partial charge in [-0.2, -0.15) is 0 Å². The Morgan fingerprint density at radius 3 is 2.14 bits per heavy atom. The molecule has 0 aromatic heterocycles. The van der Waals surface area contributed by atoms with Crippen molar-refractivity contribution in [2.45, 2.75) is 26.8 Å². The van der Waals surface area contributed by atoms with E-state index in [9.17, 15) is 9.59 Å². The van der Waals surface area contributed by atoms with E-state index in [1.807, 2.05) is 20.8 Å². The predicted octanol–water partition coefficient (Wildman–Crippen LogP) is 1.98. The van der Waals surface area contributed by atoms with Gasteiger partial charge in [0.1, 0.15) is 0 Å². The predicted molar refractivity (Wildman–Crippen MR) is 91.5 cm³/mol. The smallest absolute Gasteiger partial charge is 0.251 e. The molecule has 1 rings (SSSR count). The normalized spacial score (nSPS) is 12.0. The van der Waals surface area contributed by atoms with Crippen LogP contribution in [0.25, 0.3) is 0 Å². The standard InChI is InChI=1S/C15H22ClN3O2.ClH/c1-15(2,3)12(17)14(21)19-9-8-18-13(20)10-4-6-11(16)7-5-10;/h4-7,12H,8-9,17H2,1-3H3,(H,18,20)(H,19,21);1H/t12-;/m1./s1. The molecule has 0 heterocycles. The van der Waals surface area contributed by atoms with Crippen LogP contribution in [0, 0.1) is 5.41 Å². The molecule has 0 radical (unpaired) electrons. The lowest BCUT2D eigenvalue weighted by Crippen LogP contribution is -2.49. The highest BCUT2D eigenvalue weighted by atomic mass is 35.5. The van der Waals surface area contributed by atoms with Crippen LogP contribution in [-0.2, 0) is 4.79 Å². The van der Waals surface area contributed by atoms with Crippen molar-refractivity contribution in [3.8, 4) is 0 Å². The van der Waals surface area contributed by atoms with Crippen LogP contribution in [0.2, 0.25) is 5.02 Å². The third-order valence-corrected chi connectivity index (χ3v) is 3.28. The van der Waals surface area contributed by atoms with Crippen LogP contribution in [0.15, 0.2) is 24.3 Å². The van der Waals surface area contributed by atoms with Crippen LogP contribution in [0.3, 0.4) is 0 Å². The van der Waals surface area contributed by atoms with Crippen LogP contribution in [-0.4, -0.2) is 30.9 Å². The molecule has 1 aromatic carbocycles. The van der Waals surface area contributed by atoms with Crippen molar-refractivity contribution in [3.63, 3.8) is 0 Å². The van der Waals surface area contributed by atoms with Gasteiger partial charge in [0.15, 0.2) is 0 Å². The lowest BCUT2D eigenvalue weighted by atomic mass is 9.87. The van der Waals surface area contributed by atoms with Gasteiger partial charge in [-0.05, 0) is 29.7 Å². The van der Waals surface area contributed by atoms with Crippen LogP contribution >= 0.6 is 24.0 Å². The molecule has 2 amide bonds. The zero-order valence-electron chi connectivity index (χ0n) is 13.0. The minimum atomic E-state index is -0.579. The van der Waals surface area contributed by atoms with Gasteiger partial charge in [0.2, 0.25) is 5.91 Å². The average Bonchev–Trinajstić information content (AvgIpc) is 2.42. The molecule has 0 saturated carbocycles. The lowest BCUT2D eigenvalue weighted by molar-refractivity contribution is -0.124. The van der Waals surface area contributed by atoms with E-state index >= 15 is 0 Å². The fraction of sp³-hybridized carbons (Fsp3) is 0.467. The first-order chi connectivity index (χ1) is 9.71. The number of halogens is 2. The SMILES string of the molecule is CC(C)(C)[C@H](N)C(=O)NCCNC(=O)c1ccc(Cl)cc1.Cl. The van der Waals surface area contributed by atoms with E-state index in [2.05, 4.69) is 10.6 Å². The Bertz CT molecular complexity index is 499. The summed E-state index contributed by atoms with van der Waals surface area (Å²) in [6.07, 6.45) is 0. The maximum atomic E-state index is 11.8. The summed E-state index contributed by atoms with van der Waals surface area (Å²) in [7, 11) is 0. The number of hydrogen-bond acceptors (Lipinski definition) is 3. The number of rotatable bonds is 5. The fourth-order valence-electron chi connectivity index (χ4n) is 1.57. The minimum absolute atomic E-state index is 0. The van der Waals surface area contributed by atoms with Gasteiger partial charge in [-0.15, -0.1) is 12.4 Å². The van der Waals surface area contributed by atoms with Gasteiger partial charge in [-0.1, -0.05) is 32.4 Å². The van der Waals surface area contributed by atoms with Crippen molar-refractivity contribution >= 4 is 35.8 Å². The van der Waals surface area contributed by atoms with E-state index in [-0.39, 0.29) is 29.6 Å². The van der Waals surface area contributed by atoms with Crippen molar-refractivity contribution in [2.24, 2.45) is 11.1 Å². The minimum Gasteiger partial charge on any atom is -0.353 e. The van der Waals surface area contributed by atoms with Gasteiger partial charge < -0.3 is 16.4 Å². The molecule has 4 N–H and O–H groups in total. The zero-order valence-corrected chi connectivity index (χ0v) is 14.6. The van der Waals surface area contributed by atoms with Crippen molar-refractivity contribution in [1.82, 2.24) is 10.6 Å². The Kier molecular flexibility index (Phi) is 8.45. The van der Waals surface area contributed by atoms with Crippen molar-refractivity contribution < 1.29 is 9.59 Å². The molecule has 0 bridgehead atoms. The third kappa shape index (κ3) is 6.64. The Morgan fingerprint density at radius 2 is 1.64 bits per heavy atom.